The van der Waals surface area contributed by atoms with E-state index in [1.165, 1.54) is 32.1 Å². The highest BCUT2D eigenvalue weighted by Crippen LogP contribution is 2.41. The summed E-state index contributed by atoms with van der Waals surface area (Å²) in [5.41, 5.74) is 18.3. The van der Waals surface area contributed by atoms with Gasteiger partial charge in [-0.2, -0.15) is 26.3 Å². The van der Waals surface area contributed by atoms with E-state index in [4.69, 9.17) is 97.9 Å². The second kappa shape index (κ2) is 46.4. The van der Waals surface area contributed by atoms with Gasteiger partial charge in [-0.3, -0.25) is 24.0 Å². The Morgan fingerprint density at radius 3 is 0.916 bits per heavy atom. The van der Waals surface area contributed by atoms with E-state index in [1.54, 1.807) is 45.0 Å². The molecule has 3 N–H and O–H groups in total. The summed E-state index contributed by atoms with van der Waals surface area (Å²) < 4.78 is 82.2. The van der Waals surface area contributed by atoms with Crippen LogP contribution in [0.5, 0.6) is 0 Å². The summed E-state index contributed by atoms with van der Waals surface area (Å²) in [6.45, 7) is 21.2. The molecule has 119 heavy (non-hydrogen) atoms. The number of aryl methyl sites for hydroxylation is 2. The van der Waals surface area contributed by atoms with Gasteiger partial charge in [0.05, 0.1) is 13.2 Å². The van der Waals surface area contributed by atoms with Crippen LogP contribution in [0, 0.1) is 69.2 Å². The minimum Gasteiger partial charge on any atom is -0.396 e. The quantitative estimate of drug-likeness (QED) is 0.0155. The van der Waals surface area contributed by atoms with Gasteiger partial charge in [-0.05, 0) is 352 Å². The standard InChI is InChI=1S/C28H26Cl2F6O3.C23H26Cl2O.C22H26Cl2O3.C22H20Cl2O3/c1-14-19(24(38)27(4,33)34)10-16(12-21(14)29)18(8-6-7-9-23(37)26(3,31)32)17-11-20(15(2)22(30)13-17)25(39)28(5,35)36;1-14-10-19(12-22(24)17(14)4)21(9-7-6-8-16(3)26)20-11-15(2)18(5)23(25)13-20;2*1-14-18(12-26)8-16(10-21(14)23)20(6-4-3-5-7-25)17-9-19(13-27)15(2)22(24)11-17/h8,10-13H,6-7,9H2,1-5H3;9-13H,6-8H2,1-5H3;6,8-11,25-27H,3-5,7,12-13H2,1-2H3;6-13H,3-5H2,1-2H3. The van der Waals surface area contributed by atoms with Crippen molar-refractivity contribution in [1.82, 2.24) is 0 Å². The van der Waals surface area contributed by atoms with Crippen molar-refractivity contribution in [2.75, 3.05) is 6.61 Å². The fraction of sp³-hybridized carbons (Fsp3) is 0.337. The van der Waals surface area contributed by atoms with Crippen molar-refractivity contribution in [3.8, 4) is 0 Å². The summed E-state index contributed by atoms with van der Waals surface area (Å²) in [4.78, 5) is 81.1. The number of rotatable bonds is 33. The molecule has 0 aliphatic carbocycles. The zero-order chi connectivity index (χ0) is 89.5. The Bertz CT molecular complexity index is 4900. The van der Waals surface area contributed by atoms with Crippen molar-refractivity contribution in [2.45, 2.75) is 205 Å². The number of allylic oxidation sites excluding steroid dienone is 4. The number of hydrogen-bond donors (Lipinski definition) is 3. The monoisotopic (exact) mass is 1790 g/mol. The molecule has 0 unspecified atom stereocenters. The molecule has 8 aromatic rings. The molecule has 0 fully saturated rings. The van der Waals surface area contributed by atoms with E-state index >= 15 is 0 Å². The average molecular weight is 1800 g/mol. The van der Waals surface area contributed by atoms with Crippen LogP contribution in [-0.2, 0) is 27.6 Å². The number of aliphatic hydroxyl groups is 3. The zero-order valence-electron chi connectivity index (χ0n) is 68.9. The van der Waals surface area contributed by atoms with Crippen LogP contribution in [0.2, 0.25) is 40.2 Å². The number of carbonyl (C=O) groups excluding carboxylic acids is 7. The highest BCUT2D eigenvalue weighted by molar-refractivity contribution is 6.35. The summed E-state index contributed by atoms with van der Waals surface area (Å²) in [5, 5.41) is 32.0. The van der Waals surface area contributed by atoms with E-state index in [0.29, 0.717) is 88.8 Å². The number of unbranched alkanes of at least 4 members (excludes halogenated alkanes) is 6. The number of benzene rings is 8. The first kappa shape index (κ1) is 102. The summed E-state index contributed by atoms with van der Waals surface area (Å²) in [6, 6.07) is 28.1. The molecule has 0 saturated carbocycles. The molecule has 0 amide bonds. The van der Waals surface area contributed by atoms with Crippen molar-refractivity contribution in [3.63, 3.8) is 0 Å². The number of aldehydes is 3. The van der Waals surface area contributed by atoms with Crippen molar-refractivity contribution in [3.05, 3.63) is 295 Å². The molecule has 0 aromatic heterocycles. The molecule has 0 aliphatic rings. The molecule has 24 heteroatoms. The van der Waals surface area contributed by atoms with E-state index < -0.39 is 52.7 Å². The summed E-state index contributed by atoms with van der Waals surface area (Å²) >= 11 is 50.8. The molecule has 0 atom stereocenters. The molecule has 0 saturated heterocycles. The lowest BCUT2D eigenvalue weighted by Gasteiger charge is -2.18. The van der Waals surface area contributed by atoms with E-state index in [0.717, 1.165) is 168 Å². The van der Waals surface area contributed by atoms with Gasteiger partial charge in [-0.1, -0.05) is 129 Å². The molecule has 0 bridgehead atoms. The highest BCUT2D eigenvalue weighted by atomic mass is 35.5. The van der Waals surface area contributed by atoms with E-state index in [-0.39, 0.29) is 76.3 Å². The van der Waals surface area contributed by atoms with Gasteiger partial charge in [0.1, 0.15) is 24.6 Å². The number of aliphatic hydroxyl groups excluding tert-OH is 3. The molecular formula is C95H98Cl8F6O10. The first-order valence-corrected chi connectivity index (χ1v) is 41.3. The van der Waals surface area contributed by atoms with Crippen molar-refractivity contribution < 1.29 is 75.2 Å². The van der Waals surface area contributed by atoms with Gasteiger partial charge in [0.25, 0.3) is 0 Å². The number of carbonyl (C=O) groups is 7. The van der Waals surface area contributed by atoms with Gasteiger partial charge >= 0.3 is 17.8 Å². The Kier molecular flexibility index (Phi) is 39.7. The molecule has 8 aromatic carbocycles. The minimum atomic E-state index is -3.73. The lowest BCUT2D eigenvalue weighted by molar-refractivity contribution is -0.140. The van der Waals surface area contributed by atoms with Crippen molar-refractivity contribution >= 4 is 157 Å². The Labute approximate surface area is 733 Å². The molecule has 0 heterocycles. The number of ketones is 4. The molecule has 0 aliphatic heterocycles. The topological polar surface area (TPSA) is 180 Å². The molecule has 8 rings (SSSR count). The first-order chi connectivity index (χ1) is 55.7. The highest BCUT2D eigenvalue weighted by Gasteiger charge is 2.37. The first-order valence-electron chi connectivity index (χ1n) is 38.3. The smallest absolute Gasteiger partial charge is 0.307 e. The van der Waals surface area contributed by atoms with Gasteiger partial charge in [0.15, 0.2) is 0 Å². The molecule has 10 nitrogen and oxygen atoms in total. The maximum atomic E-state index is 13.9. The van der Waals surface area contributed by atoms with Gasteiger partial charge in [0, 0.05) is 109 Å². The lowest BCUT2D eigenvalue weighted by Crippen LogP contribution is -2.25. The van der Waals surface area contributed by atoms with Crippen LogP contribution >= 0.6 is 92.8 Å². The molecule has 0 radical (unpaired) electrons. The van der Waals surface area contributed by atoms with Crippen LogP contribution in [0.4, 0.5) is 26.3 Å². The van der Waals surface area contributed by atoms with Crippen molar-refractivity contribution in [2.24, 2.45) is 0 Å². The summed E-state index contributed by atoms with van der Waals surface area (Å²) in [5.74, 6) is -15.1. The van der Waals surface area contributed by atoms with Crippen molar-refractivity contribution in [1.29, 1.82) is 0 Å². The number of alkyl halides is 6. The fourth-order valence-corrected chi connectivity index (χ4v) is 14.4. The second-order valence-corrected chi connectivity index (χ2v) is 32.7. The maximum Gasteiger partial charge on any atom is 0.307 e. The fourth-order valence-electron chi connectivity index (χ4n) is 12.5. The lowest BCUT2D eigenvalue weighted by atomic mass is 9.89. The third kappa shape index (κ3) is 28.6. The Morgan fingerprint density at radius 2 is 0.622 bits per heavy atom. The number of hydrogen-bond acceptors (Lipinski definition) is 10. The van der Waals surface area contributed by atoms with Crippen LogP contribution in [0.1, 0.15) is 257 Å². The van der Waals surface area contributed by atoms with Gasteiger partial charge < -0.3 is 24.9 Å². The third-order valence-electron chi connectivity index (χ3n) is 20.3. The van der Waals surface area contributed by atoms with Gasteiger partial charge in [-0.25, -0.2) is 0 Å². The molecule has 636 valence electrons. The predicted octanol–water partition coefficient (Wildman–Crippen LogP) is 27.8. The summed E-state index contributed by atoms with van der Waals surface area (Å²) in [7, 11) is 0. The van der Waals surface area contributed by atoms with Crippen LogP contribution in [0.15, 0.2) is 121 Å². The third-order valence-corrected chi connectivity index (χ3v) is 23.4. The summed E-state index contributed by atoms with van der Waals surface area (Å²) in [6.07, 6.45) is 16.1. The molecule has 0 spiro atoms. The van der Waals surface area contributed by atoms with E-state index in [1.807, 2.05) is 70.2 Å². The SMILES string of the molecule is CC(=O)CCCC=C(c1cc(C)c(C)c(Cl)c1)c1cc(C)c(C)c(Cl)c1.Cc1c(Cl)cc(C(=CCCCC(=O)C(C)(F)F)c2cc(Cl)c(C)c(C(=O)C(C)(F)F)c2)cc1C(=O)C(C)(F)F.Cc1c(Cl)cc(C(=CCCCC=O)c2cc(Cl)c(C)c(C=O)c2)cc1C=O.Cc1c(Cl)cc(C(=CCCCCO)c2cc(Cl)c(C)c(CO)c2)cc1CO. The van der Waals surface area contributed by atoms with Crippen LogP contribution in [0.25, 0.3) is 22.3 Å². The number of halogens is 14. The Morgan fingerprint density at radius 1 is 0.336 bits per heavy atom. The second-order valence-electron chi connectivity index (χ2n) is 29.5. The van der Waals surface area contributed by atoms with Crippen LogP contribution < -0.4 is 0 Å². The number of Topliss-reactive ketones (excluding diaryl/α,β-unsaturated/α-hetero) is 4. The van der Waals surface area contributed by atoms with Gasteiger partial charge in [0.2, 0.25) is 17.3 Å². The van der Waals surface area contributed by atoms with Gasteiger partial charge in [-0.15, -0.1) is 0 Å². The maximum absolute atomic E-state index is 13.9. The minimum absolute atomic E-state index is 0.00851. The molecular weight excluding hydrogens is 1700 g/mol. The van der Waals surface area contributed by atoms with E-state index in [2.05, 4.69) is 38.1 Å². The Hall–Kier alpha value is -7.81. The average Bonchev–Trinajstić information content (AvgIpc) is 0.779. The van der Waals surface area contributed by atoms with Crippen LogP contribution in [-0.4, -0.2) is 81.7 Å². The Balaban J connectivity index is 0.000000287. The normalized spacial score (nSPS) is 11.2. The van der Waals surface area contributed by atoms with E-state index in [9.17, 15) is 70.1 Å². The zero-order valence-corrected chi connectivity index (χ0v) is 74.9. The van der Waals surface area contributed by atoms with Crippen LogP contribution in [0.3, 0.4) is 0 Å². The largest absolute Gasteiger partial charge is 0.396 e. The predicted molar refractivity (Wildman–Crippen MR) is 475 cm³/mol.